The van der Waals surface area contributed by atoms with Crippen LogP contribution in [0.3, 0.4) is 0 Å². The summed E-state index contributed by atoms with van der Waals surface area (Å²) >= 11 is 6.76. The Hall–Kier alpha value is -2.51. The smallest absolute Gasteiger partial charge is 0.134 e. The van der Waals surface area contributed by atoms with Crippen LogP contribution in [0.5, 0.6) is 0 Å². The SMILES string of the molecule is ClC(c1cc2ccccc2o1)c1ccccc1-c1ccccc1. The summed E-state index contributed by atoms with van der Waals surface area (Å²) in [6.45, 7) is 0. The first-order valence-electron chi connectivity index (χ1n) is 7.60. The van der Waals surface area contributed by atoms with Gasteiger partial charge < -0.3 is 4.42 Å². The van der Waals surface area contributed by atoms with Crippen LogP contribution in [-0.2, 0) is 0 Å². The Morgan fingerprint density at radius 3 is 2.26 bits per heavy atom. The highest BCUT2D eigenvalue weighted by molar-refractivity contribution is 6.23. The zero-order valence-corrected chi connectivity index (χ0v) is 13.2. The molecule has 1 heterocycles. The van der Waals surface area contributed by atoms with Gasteiger partial charge in [0.05, 0.1) is 0 Å². The van der Waals surface area contributed by atoms with E-state index in [2.05, 4.69) is 24.3 Å². The second-order valence-electron chi connectivity index (χ2n) is 5.50. The van der Waals surface area contributed by atoms with E-state index in [1.54, 1.807) is 0 Å². The molecule has 0 saturated heterocycles. The molecule has 112 valence electrons. The number of rotatable bonds is 3. The van der Waals surface area contributed by atoms with Crippen molar-refractivity contribution in [3.8, 4) is 11.1 Å². The van der Waals surface area contributed by atoms with E-state index in [1.165, 1.54) is 0 Å². The maximum atomic E-state index is 6.76. The van der Waals surface area contributed by atoms with Gasteiger partial charge in [-0.3, -0.25) is 0 Å². The second kappa shape index (κ2) is 5.94. The van der Waals surface area contributed by atoms with Crippen molar-refractivity contribution in [3.05, 3.63) is 96.3 Å². The second-order valence-corrected chi connectivity index (χ2v) is 5.94. The molecule has 0 bridgehead atoms. The van der Waals surface area contributed by atoms with Gasteiger partial charge >= 0.3 is 0 Å². The molecule has 1 aromatic heterocycles. The van der Waals surface area contributed by atoms with Crippen LogP contribution in [-0.4, -0.2) is 0 Å². The monoisotopic (exact) mass is 318 g/mol. The van der Waals surface area contributed by atoms with E-state index in [0.717, 1.165) is 33.4 Å². The first kappa shape index (κ1) is 14.1. The third-order valence-corrected chi connectivity index (χ3v) is 4.46. The van der Waals surface area contributed by atoms with Gasteiger partial charge in [-0.15, -0.1) is 11.6 Å². The molecule has 0 saturated carbocycles. The largest absolute Gasteiger partial charge is 0.459 e. The van der Waals surface area contributed by atoms with Crippen LogP contribution in [0, 0.1) is 0 Å². The summed E-state index contributed by atoms with van der Waals surface area (Å²) in [6.07, 6.45) is 0. The third kappa shape index (κ3) is 2.64. The predicted octanol–water partition coefficient (Wildman–Crippen LogP) is 6.43. The molecule has 23 heavy (non-hydrogen) atoms. The Morgan fingerprint density at radius 1 is 0.739 bits per heavy atom. The number of halogens is 1. The Balaban J connectivity index is 1.81. The lowest BCUT2D eigenvalue weighted by Gasteiger charge is -2.13. The highest BCUT2D eigenvalue weighted by Gasteiger charge is 2.19. The van der Waals surface area contributed by atoms with Crippen LogP contribution in [0.15, 0.2) is 89.3 Å². The Bertz CT molecular complexity index is 907. The Labute approximate surface area is 140 Å². The molecule has 1 nitrogen and oxygen atoms in total. The number of para-hydroxylation sites is 1. The summed E-state index contributed by atoms with van der Waals surface area (Å²) in [4.78, 5) is 0. The molecule has 0 aliphatic carbocycles. The van der Waals surface area contributed by atoms with Crippen molar-refractivity contribution >= 4 is 22.6 Å². The Kier molecular flexibility index (Phi) is 3.64. The van der Waals surface area contributed by atoms with E-state index in [-0.39, 0.29) is 5.38 Å². The minimum atomic E-state index is -0.321. The minimum Gasteiger partial charge on any atom is -0.459 e. The lowest BCUT2D eigenvalue weighted by Crippen LogP contribution is -1.94. The number of benzene rings is 3. The van der Waals surface area contributed by atoms with Gasteiger partial charge in [0, 0.05) is 5.39 Å². The van der Waals surface area contributed by atoms with Gasteiger partial charge in [-0.1, -0.05) is 72.8 Å². The fraction of sp³-hybridized carbons (Fsp3) is 0.0476. The Morgan fingerprint density at radius 2 is 1.43 bits per heavy atom. The number of fused-ring (bicyclic) bond motifs is 1. The molecule has 1 atom stereocenters. The van der Waals surface area contributed by atoms with E-state index in [0.29, 0.717) is 0 Å². The van der Waals surface area contributed by atoms with Crippen LogP contribution in [0.25, 0.3) is 22.1 Å². The maximum absolute atomic E-state index is 6.76. The van der Waals surface area contributed by atoms with Crippen molar-refractivity contribution in [1.29, 1.82) is 0 Å². The fourth-order valence-electron chi connectivity index (χ4n) is 2.88. The first-order chi connectivity index (χ1) is 11.3. The number of hydrogen-bond acceptors (Lipinski definition) is 1. The predicted molar refractivity (Wildman–Crippen MR) is 95.8 cm³/mol. The number of alkyl halides is 1. The quantitative estimate of drug-likeness (QED) is 0.397. The molecular weight excluding hydrogens is 304 g/mol. The minimum absolute atomic E-state index is 0.321. The van der Waals surface area contributed by atoms with Gasteiger partial charge in [-0.05, 0) is 28.8 Å². The molecule has 0 aliphatic heterocycles. The van der Waals surface area contributed by atoms with E-state index in [1.807, 2.05) is 60.7 Å². The summed E-state index contributed by atoms with van der Waals surface area (Å²) in [5.41, 5.74) is 4.21. The third-order valence-electron chi connectivity index (χ3n) is 4.01. The average molecular weight is 319 g/mol. The van der Waals surface area contributed by atoms with Crippen molar-refractivity contribution in [1.82, 2.24) is 0 Å². The van der Waals surface area contributed by atoms with E-state index < -0.39 is 0 Å². The van der Waals surface area contributed by atoms with Crippen molar-refractivity contribution < 1.29 is 4.42 Å². The van der Waals surface area contributed by atoms with Crippen molar-refractivity contribution in [2.24, 2.45) is 0 Å². The molecular formula is C21H15ClO. The standard InChI is InChI=1S/C21H15ClO/c22-21(20-14-16-10-4-7-13-19(16)23-20)18-12-6-5-11-17(18)15-8-2-1-3-9-15/h1-14,21H. The van der Waals surface area contributed by atoms with Gasteiger partial charge in [-0.25, -0.2) is 0 Å². The summed E-state index contributed by atoms with van der Waals surface area (Å²) in [7, 11) is 0. The number of furan rings is 1. The van der Waals surface area contributed by atoms with Crippen molar-refractivity contribution in [3.63, 3.8) is 0 Å². The molecule has 2 heteroatoms. The zero-order chi connectivity index (χ0) is 15.6. The van der Waals surface area contributed by atoms with Gasteiger partial charge in [0.2, 0.25) is 0 Å². The summed E-state index contributed by atoms with van der Waals surface area (Å²) < 4.78 is 5.94. The molecule has 4 aromatic rings. The molecule has 0 fully saturated rings. The molecule has 0 N–H and O–H groups in total. The van der Waals surface area contributed by atoms with Crippen LogP contribution >= 0.6 is 11.6 Å². The van der Waals surface area contributed by atoms with Crippen LogP contribution in [0.1, 0.15) is 16.7 Å². The molecule has 3 aromatic carbocycles. The van der Waals surface area contributed by atoms with Crippen molar-refractivity contribution in [2.75, 3.05) is 0 Å². The van der Waals surface area contributed by atoms with Crippen molar-refractivity contribution in [2.45, 2.75) is 5.38 Å². The van der Waals surface area contributed by atoms with Gasteiger partial charge in [-0.2, -0.15) is 0 Å². The highest BCUT2D eigenvalue weighted by atomic mass is 35.5. The maximum Gasteiger partial charge on any atom is 0.134 e. The highest BCUT2D eigenvalue weighted by Crippen LogP contribution is 2.37. The zero-order valence-electron chi connectivity index (χ0n) is 12.4. The van der Waals surface area contributed by atoms with E-state index in [9.17, 15) is 0 Å². The van der Waals surface area contributed by atoms with Crippen LogP contribution < -0.4 is 0 Å². The topological polar surface area (TPSA) is 13.1 Å². The molecule has 0 aliphatic rings. The number of hydrogen-bond donors (Lipinski definition) is 0. The molecule has 0 spiro atoms. The van der Waals surface area contributed by atoms with Gasteiger partial charge in [0.1, 0.15) is 16.7 Å². The van der Waals surface area contributed by atoms with Crippen LogP contribution in [0.4, 0.5) is 0 Å². The fourth-order valence-corrected chi connectivity index (χ4v) is 3.18. The summed E-state index contributed by atoms with van der Waals surface area (Å²) in [5, 5.41) is 0.754. The van der Waals surface area contributed by atoms with Gasteiger partial charge in [0.15, 0.2) is 0 Å². The van der Waals surface area contributed by atoms with E-state index >= 15 is 0 Å². The molecule has 1 unspecified atom stereocenters. The van der Waals surface area contributed by atoms with Crippen LogP contribution in [0.2, 0.25) is 0 Å². The summed E-state index contributed by atoms with van der Waals surface area (Å²) in [5.74, 6) is 0.774. The molecule has 0 radical (unpaired) electrons. The lowest BCUT2D eigenvalue weighted by atomic mass is 9.96. The first-order valence-corrected chi connectivity index (χ1v) is 8.03. The molecule has 4 rings (SSSR count). The normalized spacial score (nSPS) is 12.4. The average Bonchev–Trinajstić information content (AvgIpc) is 3.06. The van der Waals surface area contributed by atoms with E-state index in [4.69, 9.17) is 16.0 Å². The molecule has 0 amide bonds. The summed E-state index contributed by atoms with van der Waals surface area (Å²) in [6, 6.07) is 28.5. The lowest BCUT2D eigenvalue weighted by molar-refractivity contribution is 0.557. The van der Waals surface area contributed by atoms with Gasteiger partial charge in [0.25, 0.3) is 0 Å².